The quantitative estimate of drug-likeness (QED) is 0.557. The summed E-state index contributed by atoms with van der Waals surface area (Å²) in [6.07, 6.45) is 8.58. The van der Waals surface area contributed by atoms with E-state index in [1.165, 1.54) is 24.8 Å². The van der Waals surface area contributed by atoms with Gasteiger partial charge in [-0.3, -0.25) is 14.9 Å². The highest BCUT2D eigenvalue weighted by Gasteiger charge is 2.35. The highest BCUT2D eigenvalue weighted by atomic mass is 32.2. The maximum absolute atomic E-state index is 13.0. The van der Waals surface area contributed by atoms with Crippen molar-refractivity contribution in [1.29, 1.82) is 0 Å². The number of imide groups is 1. The highest BCUT2D eigenvalue weighted by molar-refractivity contribution is 7.82. The topological polar surface area (TPSA) is 104 Å². The summed E-state index contributed by atoms with van der Waals surface area (Å²) in [5.74, 6) is 1.07. The van der Waals surface area contributed by atoms with Crippen molar-refractivity contribution in [2.75, 3.05) is 19.3 Å². The Morgan fingerprint density at radius 1 is 1.21 bits per heavy atom. The van der Waals surface area contributed by atoms with Gasteiger partial charge in [-0.15, -0.1) is 0 Å². The molecule has 2 unspecified atom stereocenters. The van der Waals surface area contributed by atoms with Gasteiger partial charge in [0.2, 0.25) is 12.3 Å². The van der Waals surface area contributed by atoms with Crippen LogP contribution in [0.25, 0.3) is 11.1 Å². The molecule has 2 aliphatic rings. The number of aromatic nitrogens is 2. The zero-order chi connectivity index (χ0) is 24.7. The van der Waals surface area contributed by atoms with Gasteiger partial charge in [0.05, 0.1) is 16.7 Å². The monoisotopic (exact) mass is 485 g/mol. The molecular formula is C25H35N5O3S. The molecule has 1 aliphatic heterocycles. The predicted molar refractivity (Wildman–Crippen MR) is 134 cm³/mol. The first-order valence-corrected chi connectivity index (χ1v) is 13.2. The summed E-state index contributed by atoms with van der Waals surface area (Å²) in [6, 6.07) is 6.30. The van der Waals surface area contributed by atoms with Gasteiger partial charge in [0.25, 0.3) is 0 Å². The number of carbonyl (C=O) groups excluding carboxylic acids is 2. The van der Waals surface area contributed by atoms with Gasteiger partial charge >= 0.3 is 0 Å². The van der Waals surface area contributed by atoms with Crippen LogP contribution >= 0.6 is 0 Å². The second kappa shape index (κ2) is 11.8. The van der Waals surface area contributed by atoms with Crippen molar-refractivity contribution in [1.82, 2.24) is 24.9 Å². The van der Waals surface area contributed by atoms with E-state index in [0.29, 0.717) is 25.4 Å². The van der Waals surface area contributed by atoms with Crippen molar-refractivity contribution in [2.45, 2.75) is 64.5 Å². The standard InChI is InChI=1S/C23H29N5O3S.C2H6/c1-23(24-2,22(30)27-15-29)14-32(31)28-9-8-18-10-17(6-7-19(18)13-28)20-11-25-21(26-12-20)16-4-3-5-16;1-2/h6-7,10-12,15-16,24H,3-5,8-9,13-14H2,1-2H3,(H,27,29,30);1-2H3. The molecule has 1 fully saturated rings. The van der Waals surface area contributed by atoms with E-state index in [0.717, 1.165) is 28.9 Å². The van der Waals surface area contributed by atoms with E-state index in [4.69, 9.17) is 0 Å². The average molecular weight is 486 g/mol. The highest BCUT2D eigenvalue weighted by Crippen LogP contribution is 2.34. The molecule has 4 rings (SSSR count). The summed E-state index contributed by atoms with van der Waals surface area (Å²) in [5.41, 5.74) is 3.36. The largest absolute Gasteiger partial charge is 0.306 e. The van der Waals surface area contributed by atoms with Crippen LogP contribution in [0.3, 0.4) is 0 Å². The van der Waals surface area contributed by atoms with Gasteiger partial charge in [-0.1, -0.05) is 38.5 Å². The van der Waals surface area contributed by atoms with Gasteiger partial charge in [-0.2, -0.15) is 0 Å². The molecule has 2 aromatic rings. The van der Waals surface area contributed by atoms with Crippen molar-refractivity contribution in [3.63, 3.8) is 0 Å². The fraction of sp³-hybridized carbons (Fsp3) is 0.520. The molecule has 9 heteroatoms. The minimum absolute atomic E-state index is 0.0846. The number of benzene rings is 1. The van der Waals surface area contributed by atoms with E-state index < -0.39 is 22.4 Å². The summed E-state index contributed by atoms with van der Waals surface area (Å²) >= 11 is 0. The number of nitrogens with zero attached hydrogens (tertiary/aromatic N) is 3. The summed E-state index contributed by atoms with van der Waals surface area (Å²) in [4.78, 5) is 32.0. The molecule has 2 atom stereocenters. The third-order valence-electron chi connectivity index (χ3n) is 6.60. The Balaban J connectivity index is 0.00000158. The molecule has 34 heavy (non-hydrogen) atoms. The first-order chi connectivity index (χ1) is 16.4. The molecule has 1 saturated carbocycles. The summed E-state index contributed by atoms with van der Waals surface area (Å²) in [5, 5.41) is 5.05. The molecule has 0 saturated heterocycles. The number of amides is 2. The van der Waals surface area contributed by atoms with Crippen molar-refractivity contribution < 1.29 is 13.8 Å². The van der Waals surface area contributed by atoms with Gasteiger partial charge in [0, 0.05) is 37.0 Å². The molecule has 1 aliphatic carbocycles. The van der Waals surface area contributed by atoms with Crippen LogP contribution in [0.15, 0.2) is 30.6 Å². The zero-order valence-electron chi connectivity index (χ0n) is 20.5. The fourth-order valence-electron chi connectivity index (χ4n) is 4.05. The minimum atomic E-state index is -1.38. The lowest BCUT2D eigenvalue weighted by Crippen LogP contribution is -2.58. The van der Waals surface area contributed by atoms with E-state index in [-0.39, 0.29) is 5.75 Å². The number of carbonyl (C=O) groups is 2. The molecule has 184 valence electrons. The normalized spacial score (nSPS) is 18.4. The second-order valence-corrected chi connectivity index (χ2v) is 10.1. The average Bonchev–Trinajstić information content (AvgIpc) is 2.84. The SMILES string of the molecule is CC.CNC(C)(CS(=O)N1CCc2cc(-c3cnc(C4CCC4)nc3)ccc2C1)C(=O)NC=O. The molecule has 2 amide bonds. The van der Waals surface area contributed by atoms with E-state index in [1.807, 2.05) is 30.5 Å². The Morgan fingerprint density at radius 2 is 1.91 bits per heavy atom. The van der Waals surface area contributed by atoms with Crippen LogP contribution in [0.4, 0.5) is 0 Å². The first kappa shape index (κ1) is 26.1. The smallest absolute Gasteiger partial charge is 0.247 e. The van der Waals surface area contributed by atoms with Crippen LogP contribution in [0.1, 0.15) is 62.9 Å². The van der Waals surface area contributed by atoms with Crippen molar-refractivity contribution in [3.8, 4) is 11.1 Å². The van der Waals surface area contributed by atoms with Gasteiger partial charge in [-0.05, 0) is 49.9 Å². The molecule has 0 bridgehead atoms. The molecule has 1 aromatic heterocycles. The third kappa shape index (κ3) is 5.76. The Labute approximate surface area is 204 Å². The van der Waals surface area contributed by atoms with Crippen molar-refractivity contribution in [2.24, 2.45) is 0 Å². The van der Waals surface area contributed by atoms with Gasteiger partial charge in [0.15, 0.2) is 0 Å². The molecule has 2 heterocycles. The summed E-state index contributed by atoms with van der Waals surface area (Å²) < 4.78 is 14.9. The first-order valence-electron chi connectivity index (χ1n) is 11.9. The third-order valence-corrected chi connectivity index (χ3v) is 8.31. The van der Waals surface area contributed by atoms with E-state index in [9.17, 15) is 13.8 Å². The maximum Gasteiger partial charge on any atom is 0.247 e. The predicted octanol–water partition coefficient (Wildman–Crippen LogP) is 2.71. The van der Waals surface area contributed by atoms with Crippen molar-refractivity contribution in [3.05, 3.63) is 47.5 Å². The molecule has 0 spiro atoms. The van der Waals surface area contributed by atoms with E-state index in [2.05, 4.69) is 38.8 Å². The molecule has 2 N–H and O–H groups in total. The fourth-order valence-corrected chi connectivity index (χ4v) is 5.58. The lowest BCUT2D eigenvalue weighted by atomic mass is 9.85. The summed E-state index contributed by atoms with van der Waals surface area (Å²) in [6.45, 7) is 6.83. The van der Waals surface area contributed by atoms with Crippen molar-refractivity contribution >= 4 is 23.3 Å². The Bertz CT molecular complexity index is 1030. The van der Waals surface area contributed by atoms with Crippen LogP contribution in [-0.2, 0) is 33.5 Å². The lowest BCUT2D eigenvalue weighted by molar-refractivity contribution is -0.129. The van der Waals surface area contributed by atoms with Gasteiger partial charge in [0.1, 0.15) is 11.4 Å². The Hall–Kier alpha value is -2.49. The summed E-state index contributed by atoms with van der Waals surface area (Å²) in [7, 11) is 0.245. The lowest BCUT2D eigenvalue weighted by Gasteiger charge is -2.32. The number of nitrogens with one attached hydrogen (secondary N) is 2. The van der Waals surface area contributed by atoms with Crippen LogP contribution in [0.5, 0.6) is 0 Å². The van der Waals surface area contributed by atoms with Crippen LogP contribution in [-0.4, -0.2) is 55.7 Å². The van der Waals surface area contributed by atoms with E-state index >= 15 is 0 Å². The number of fused-ring (bicyclic) bond motifs is 1. The minimum Gasteiger partial charge on any atom is -0.306 e. The maximum atomic E-state index is 13.0. The number of likely N-dealkylation sites (N-methyl/N-ethyl adjacent to an activating group) is 1. The second-order valence-electron chi connectivity index (χ2n) is 8.69. The van der Waals surface area contributed by atoms with Crippen LogP contribution in [0.2, 0.25) is 0 Å². The number of hydrogen-bond acceptors (Lipinski definition) is 6. The van der Waals surface area contributed by atoms with E-state index in [1.54, 1.807) is 14.0 Å². The Morgan fingerprint density at radius 3 is 2.50 bits per heavy atom. The molecular weight excluding hydrogens is 450 g/mol. The Kier molecular flexibility index (Phi) is 9.04. The molecule has 0 radical (unpaired) electrons. The number of rotatable bonds is 8. The van der Waals surface area contributed by atoms with Crippen LogP contribution in [0, 0.1) is 0 Å². The molecule has 8 nitrogen and oxygen atoms in total. The van der Waals surface area contributed by atoms with Crippen LogP contribution < -0.4 is 10.6 Å². The van der Waals surface area contributed by atoms with Gasteiger partial charge < -0.3 is 5.32 Å². The number of hydrogen-bond donors (Lipinski definition) is 2. The zero-order valence-corrected chi connectivity index (χ0v) is 21.3. The molecule has 1 aromatic carbocycles. The van der Waals surface area contributed by atoms with Gasteiger partial charge in [-0.25, -0.2) is 18.5 Å².